The molecule has 0 aliphatic heterocycles. The summed E-state index contributed by atoms with van der Waals surface area (Å²) in [5.74, 6) is 0.0669. The van der Waals surface area contributed by atoms with Gasteiger partial charge in [0.15, 0.2) is 11.6 Å². The van der Waals surface area contributed by atoms with Crippen LogP contribution in [0.2, 0.25) is 0 Å². The summed E-state index contributed by atoms with van der Waals surface area (Å²) in [6.07, 6.45) is 1.74. The maximum absolute atomic E-state index is 13.1. The number of benzene rings is 4. The molecule has 0 unspecified atom stereocenters. The Morgan fingerprint density at radius 2 is 1.14 bits per heavy atom. The summed E-state index contributed by atoms with van der Waals surface area (Å²) in [4.78, 5) is 26.1. The zero-order valence-electron chi connectivity index (χ0n) is 15.3. The number of carbonyl (C=O) groups excluding carboxylic acids is 2. The lowest BCUT2D eigenvalue weighted by Crippen LogP contribution is -2.06. The largest absolute Gasteiger partial charge is 0.289 e. The van der Waals surface area contributed by atoms with Crippen molar-refractivity contribution in [3.8, 4) is 0 Å². The standard InChI is InChI=1S/C26H18O2/c27-25(18-7-3-1-4-8-18)22-14-12-17-11-13-20-23(16-15-21(22)24(17)20)26(28)19-9-5-2-6-10-19/h1-10,12,14-16H,11,13H2. The highest BCUT2D eigenvalue weighted by Gasteiger charge is 2.24. The Hall–Kier alpha value is -3.52. The summed E-state index contributed by atoms with van der Waals surface area (Å²) >= 11 is 0. The molecule has 2 heteroatoms. The Morgan fingerprint density at radius 3 is 1.79 bits per heavy atom. The molecule has 0 heterocycles. The van der Waals surface area contributed by atoms with Crippen molar-refractivity contribution in [3.05, 3.63) is 118 Å². The van der Waals surface area contributed by atoms with Crippen molar-refractivity contribution in [3.63, 3.8) is 0 Å². The van der Waals surface area contributed by atoms with Crippen LogP contribution < -0.4 is 0 Å². The zero-order chi connectivity index (χ0) is 19.1. The van der Waals surface area contributed by atoms with Gasteiger partial charge in [0, 0.05) is 22.3 Å². The Bertz CT molecular complexity index is 1220. The van der Waals surface area contributed by atoms with Gasteiger partial charge < -0.3 is 0 Å². The minimum Gasteiger partial charge on any atom is -0.289 e. The van der Waals surface area contributed by atoms with Gasteiger partial charge in [0.1, 0.15) is 0 Å². The van der Waals surface area contributed by atoms with Gasteiger partial charge in [0.25, 0.3) is 0 Å². The first-order valence-corrected chi connectivity index (χ1v) is 9.51. The fourth-order valence-electron chi connectivity index (χ4n) is 4.22. The average Bonchev–Trinajstić information content (AvgIpc) is 3.20. The Balaban J connectivity index is 1.68. The van der Waals surface area contributed by atoms with Crippen LogP contribution in [-0.4, -0.2) is 11.6 Å². The second-order valence-corrected chi connectivity index (χ2v) is 7.18. The Morgan fingerprint density at radius 1 is 0.571 bits per heavy atom. The number of hydrogen-bond donors (Lipinski definition) is 0. The van der Waals surface area contributed by atoms with Crippen molar-refractivity contribution in [2.45, 2.75) is 12.8 Å². The molecule has 134 valence electrons. The highest BCUT2D eigenvalue weighted by Crippen LogP contribution is 2.36. The third-order valence-electron chi connectivity index (χ3n) is 5.58. The molecule has 0 bridgehead atoms. The second kappa shape index (κ2) is 6.58. The molecule has 0 atom stereocenters. The predicted molar refractivity (Wildman–Crippen MR) is 111 cm³/mol. The van der Waals surface area contributed by atoms with E-state index >= 15 is 0 Å². The van der Waals surface area contributed by atoms with Gasteiger partial charge in [0.2, 0.25) is 0 Å². The third kappa shape index (κ3) is 2.57. The number of carbonyl (C=O) groups is 2. The quantitative estimate of drug-likeness (QED) is 0.456. The van der Waals surface area contributed by atoms with E-state index in [1.807, 2.05) is 84.9 Å². The van der Waals surface area contributed by atoms with Gasteiger partial charge in [-0.25, -0.2) is 0 Å². The third-order valence-corrected chi connectivity index (χ3v) is 5.58. The zero-order valence-corrected chi connectivity index (χ0v) is 15.3. The second-order valence-electron chi connectivity index (χ2n) is 7.18. The highest BCUT2D eigenvalue weighted by molar-refractivity contribution is 6.19. The first kappa shape index (κ1) is 16.6. The van der Waals surface area contributed by atoms with E-state index in [4.69, 9.17) is 0 Å². The first-order chi connectivity index (χ1) is 13.7. The van der Waals surface area contributed by atoms with Crippen molar-refractivity contribution in [1.29, 1.82) is 0 Å². The molecule has 28 heavy (non-hydrogen) atoms. The summed E-state index contributed by atoms with van der Waals surface area (Å²) in [5, 5.41) is 2.03. The van der Waals surface area contributed by atoms with E-state index in [2.05, 4.69) is 0 Å². The summed E-state index contributed by atoms with van der Waals surface area (Å²) < 4.78 is 0. The van der Waals surface area contributed by atoms with Gasteiger partial charge in [-0.05, 0) is 34.7 Å². The molecule has 5 rings (SSSR count). The summed E-state index contributed by atoms with van der Waals surface area (Å²) in [7, 11) is 0. The Kier molecular flexibility index (Phi) is 3.91. The normalized spacial score (nSPS) is 12.3. The first-order valence-electron chi connectivity index (χ1n) is 9.51. The maximum atomic E-state index is 13.1. The van der Waals surface area contributed by atoms with Crippen molar-refractivity contribution >= 4 is 22.3 Å². The number of ketones is 2. The van der Waals surface area contributed by atoms with E-state index in [9.17, 15) is 9.59 Å². The molecule has 0 amide bonds. The van der Waals surface area contributed by atoms with Gasteiger partial charge in [-0.15, -0.1) is 0 Å². The predicted octanol–water partition coefficient (Wildman–Crippen LogP) is 5.40. The molecule has 1 aliphatic carbocycles. The van der Waals surface area contributed by atoms with E-state index in [0.717, 1.165) is 34.7 Å². The van der Waals surface area contributed by atoms with Crippen LogP contribution in [-0.2, 0) is 12.8 Å². The average molecular weight is 362 g/mol. The fraction of sp³-hybridized carbons (Fsp3) is 0.0769. The molecule has 0 saturated heterocycles. The van der Waals surface area contributed by atoms with Crippen LogP contribution in [0.3, 0.4) is 0 Å². The topological polar surface area (TPSA) is 34.1 Å². The van der Waals surface area contributed by atoms with Crippen molar-refractivity contribution in [2.75, 3.05) is 0 Å². The smallest absolute Gasteiger partial charge is 0.193 e. The van der Waals surface area contributed by atoms with E-state index in [0.29, 0.717) is 16.7 Å². The number of rotatable bonds is 4. The van der Waals surface area contributed by atoms with Crippen LogP contribution >= 0.6 is 0 Å². The molecule has 4 aromatic rings. The lowest BCUT2D eigenvalue weighted by atomic mass is 9.90. The van der Waals surface area contributed by atoms with E-state index in [1.165, 1.54) is 5.56 Å². The molecule has 0 spiro atoms. The van der Waals surface area contributed by atoms with Crippen LogP contribution in [0.4, 0.5) is 0 Å². The SMILES string of the molecule is O=C(c1ccccc1)c1ccc2c(C(=O)c3ccccc3)ccc3c2c1CC3. The van der Waals surface area contributed by atoms with E-state index in [-0.39, 0.29) is 11.6 Å². The Labute approximate surface area is 163 Å². The van der Waals surface area contributed by atoms with E-state index in [1.54, 1.807) is 0 Å². The lowest BCUT2D eigenvalue weighted by Gasteiger charge is -2.12. The van der Waals surface area contributed by atoms with Crippen LogP contribution in [0, 0.1) is 0 Å². The summed E-state index contributed by atoms with van der Waals surface area (Å²) in [6.45, 7) is 0. The molecule has 0 aromatic heterocycles. The minimum absolute atomic E-state index is 0.0205. The van der Waals surface area contributed by atoms with Gasteiger partial charge in [-0.3, -0.25) is 9.59 Å². The van der Waals surface area contributed by atoms with Crippen molar-refractivity contribution in [2.24, 2.45) is 0 Å². The van der Waals surface area contributed by atoms with Crippen molar-refractivity contribution in [1.82, 2.24) is 0 Å². The molecule has 0 radical (unpaired) electrons. The lowest BCUT2D eigenvalue weighted by molar-refractivity contribution is 0.103. The molecule has 0 saturated carbocycles. The van der Waals surface area contributed by atoms with E-state index < -0.39 is 0 Å². The monoisotopic (exact) mass is 362 g/mol. The fourth-order valence-corrected chi connectivity index (χ4v) is 4.22. The van der Waals surface area contributed by atoms with Crippen molar-refractivity contribution < 1.29 is 9.59 Å². The molecule has 0 fully saturated rings. The van der Waals surface area contributed by atoms with Gasteiger partial charge in [-0.2, -0.15) is 0 Å². The van der Waals surface area contributed by atoms with Crippen LogP contribution in [0.25, 0.3) is 10.8 Å². The van der Waals surface area contributed by atoms with Gasteiger partial charge in [-0.1, -0.05) is 84.9 Å². The van der Waals surface area contributed by atoms with Crippen LogP contribution in [0.15, 0.2) is 84.9 Å². The maximum Gasteiger partial charge on any atom is 0.193 e. The molecule has 2 nitrogen and oxygen atoms in total. The minimum atomic E-state index is 0.0205. The van der Waals surface area contributed by atoms with Crippen LogP contribution in [0.1, 0.15) is 43.0 Å². The summed E-state index contributed by atoms with van der Waals surface area (Å²) in [6, 6.07) is 26.6. The molecular formula is C26H18O2. The molecule has 0 N–H and O–H groups in total. The molecule has 4 aromatic carbocycles. The van der Waals surface area contributed by atoms with Gasteiger partial charge in [0.05, 0.1) is 0 Å². The van der Waals surface area contributed by atoms with Crippen LogP contribution in [0.5, 0.6) is 0 Å². The molecule has 1 aliphatic rings. The summed E-state index contributed by atoms with van der Waals surface area (Å²) in [5.41, 5.74) is 5.12. The number of aryl methyl sites for hydroxylation is 2. The van der Waals surface area contributed by atoms with Gasteiger partial charge >= 0.3 is 0 Å². The number of hydrogen-bond acceptors (Lipinski definition) is 2. The molecular weight excluding hydrogens is 344 g/mol. The highest BCUT2D eigenvalue weighted by atomic mass is 16.1.